The van der Waals surface area contributed by atoms with E-state index in [4.69, 9.17) is 21.1 Å². The third kappa shape index (κ3) is 2.46. The Morgan fingerprint density at radius 1 is 0.840 bits per heavy atom. The van der Waals surface area contributed by atoms with E-state index >= 15 is 0 Å². The first-order valence-corrected chi connectivity index (χ1v) is 9.70. The molecule has 0 radical (unpaired) electrons. The lowest BCUT2D eigenvalue weighted by molar-refractivity contribution is -0.186. The van der Waals surface area contributed by atoms with Crippen LogP contribution < -0.4 is 0 Å². The van der Waals surface area contributed by atoms with Crippen molar-refractivity contribution < 1.29 is 9.47 Å². The van der Waals surface area contributed by atoms with Gasteiger partial charge >= 0.3 is 0 Å². The highest BCUT2D eigenvalue weighted by Crippen LogP contribution is 2.58. The summed E-state index contributed by atoms with van der Waals surface area (Å²) in [5.41, 5.74) is 4.66. The summed E-state index contributed by atoms with van der Waals surface area (Å²) in [7, 11) is 0. The minimum atomic E-state index is -0.312. The summed E-state index contributed by atoms with van der Waals surface area (Å²) in [5, 5.41) is 0.809. The van der Waals surface area contributed by atoms with Gasteiger partial charge in [0.05, 0.1) is 13.2 Å². The summed E-state index contributed by atoms with van der Waals surface area (Å²) in [6.07, 6.45) is 5.35. The van der Waals surface area contributed by atoms with E-state index in [9.17, 15) is 0 Å². The first-order chi connectivity index (χ1) is 12.2. The second-order valence-electron chi connectivity index (χ2n) is 7.73. The largest absolute Gasteiger partial charge is 0.348 e. The molecule has 2 spiro atoms. The molecule has 0 amide bonds. The monoisotopic (exact) mass is 354 g/mol. The normalized spacial score (nSPS) is 26.2. The van der Waals surface area contributed by atoms with Crippen molar-refractivity contribution in [2.75, 3.05) is 13.2 Å². The molecular formula is C22H23ClO2. The number of hydrogen-bond acceptors (Lipinski definition) is 2. The van der Waals surface area contributed by atoms with Crippen LogP contribution >= 0.6 is 11.6 Å². The molecule has 1 atom stereocenters. The molecule has 0 aromatic heterocycles. The Balaban J connectivity index is 1.54. The lowest BCUT2D eigenvalue weighted by Gasteiger charge is -2.45. The zero-order chi connectivity index (χ0) is 16.9. The van der Waals surface area contributed by atoms with Gasteiger partial charge in [-0.05, 0) is 54.0 Å². The fourth-order valence-corrected chi connectivity index (χ4v) is 5.53. The maximum atomic E-state index is 6.13. The quantitative estimate of drug-likeness (QED) is 0.697. The summed E-state index contributed by atoms with van der Waals surface area (Å²) in [4.78, 5) is 0. The molecule has 3 heteroatoms. The maximum absolute atomic E-state index is 6.13. The topological polar surface area (TPSA) is 18.5 Å². The number of halogens is 1. The molecule has 1 unspecified atom stereocenters. The van der Waals surface area contributed by atoms with Crippen molar-refractivity contribution in [3.8, 4) is 0 Å². The average Bonchev–Trinajstić information content (AvgIpc) is 3.22. The maximum Gasteiger partial charge on any atom is 0.168 e. The van der Waals surface area contributed by atoms with Crippen LogP contribution in [0.1, 0.15) is 48.3 Å². The van der Waals surface area contributed by atoms with Crippen LogP contribution in [0.5, 0.6) is 0 Å². The Morgan fingerprint density at radius 3 is 2.24 bits per heavy atom. The molecule has 130 valence electrons. The van der Waals surface area contributed by atoms with Crippen molar-refractivity contribution in [2.45, 2.75) is 49.2 Å². The summed E-state index contributed by atoms with van der Waals surface area (Å²) in [6.45, 7) is 1.48. The SMILES string of the molecule is Clc1ccc(C2Cc3ccccc3C23CCC2(CC3)OCCO2)cc1. The van der Waals surface area contributed by atoms with Gasteiger partial charge in [-0.15, -0.1) is 0 Å². The first-order valence-electron chi connectivity index (χ1n) is 9.33. The van der Waals surface area contributed by atoms with Crippen molar-refractivity contribution >= 4 is 11.6 Å². The zero-order valence-electron chi connectivity index (χ0n) is 14.3. The molecule has 1 heterocycles. The summed E-state index contributed by atoms with van der Waals surface area (Å²) in [6, 6.07) is 17.5. The molecule has 2 aromatic rings. The van der Waals surface area contributed by atoms with Gasteiger partial charge in [0, 0.05) is 23.3 Å². The molecular weight excluding hydrogens is 332 g/mol. The van der Waals surface area contributed by atoms with E-state index in [0.717, 1.165) is 50.3 Å². The molecule has 1 saturated carbocycles. The number of fused-ring (bicyclic) bond motifs is 2. The van der Waals surface area contributed by atoms with Crippen LogP contribution in [0.25, 0.3) is 0 Å². The second kappa shape index (κ2) is 5.84. The minimum absolute atomic E-state index is 0.199. The van der Waals surface area contributed by atoms with E-state index in [-0.39, 0.29) is 11.2 Å². The van der Waals surface area contributed by atoms with Crippen LogP contribution in [0.15, 0.2) is 48.5 Å². The molecule has 2 nitrogen and oxygen atoms in total. The Labute approximate surface area is 154 Å². The standard InChI is InChI=1S/C22H23ClO2/c23-18-7-5-16(6-8-18)20-15-17-3-1-2-4-19(17)21(20)9-11-22(12-10-21)24-13-14-25-22/h1-8,20H,9-15H2. The van der Waals surface area contributed by atoms with Gasteiger partial charge in [0.2, 0.25) is 0 Å². The smallest absolute Gasteiger partial charge is 0.168 e. The van der Waals surface area contributed by atoms with E-state index in [1.807, 2.05) is 12.1 Å². The molecule has 0 bridgehead atoms. The zero-order valence-corrected chi connectivity index (χ0v) is 15.1. The van der Waals surface area contributed by atoms with Crippen LogP contribution in [0.4, 0.5) is 0 Å². The van der Waals surface area contributed by atoms with Crippen molar-refractivity contribution in [3.63, 3.8) is 0 Å². The Bertz CT molecular complexity index is 767. The number of ether oxygens (including phenoxy) is 2. The molecule has 1 aliphatic heterocycles. The fraction of sp³-hybridized carbons (Fsp3) is 0.455. The van der Waals surface area contributed by atoms with Crippen LogP contribution in [0, 0.1) is 0 Å². The average molecular weight is 355 g/mol. The van der Waals surface area contributed by atoms with Crippen LogP contribution in [0.3, 0.4) is 0 Å². The fourth-order valence-electron chi connectivity index (χ4n) is 5.40. The van der Waals surface area contributed by atoms with E-state index < -0.39 is 0 Å². The summed E-state index contributed by atoms with van der Waals surface area (Å²) in [5.74, 6) is 0.203. The van der Waals surface area contributed by atoms with E-state index in [2.05, 4.69) is 36.4 Å². The van der Waals surface area contributed by atoms with Crippen LogP contribution in [-0.2, 0) is 21.3 Å². The highest BCUT2D eigenvalue weighted by Gasteiger charge is 2.53. The van der Waals surface area contributed by atoms with E-state index in [0.29, 0.717) is 5.92 Å². The highest BCUT2D eigenvalue weighted by molar-refractivity contribution is 6.30. The van der Waals surface area contributed by atoms with Crippen LogP contribution in [0.2, 0.25) is 5.02 Å². The summed E-state index contributed by atoms with van der Waals surface area (Å²) >= 11 is 6.13. The predicted molar refractivity (Wildman–Crippen MR) is 99.1 cm³/mol. The third-order valence-electron chi connectivity index (χ3n) is 6.63. The third-order valence-corrected chi connectivity index (χ3v) is 6.89. The van der Waals surface area contributed by atoms with Crippen LogP contribution in [-0.4, -0.2) is 19.0 Å². The van der Waals surface area contributed by atoms with Gasteiger partial charge in [-0.25, -0.2) is 0 Å². The number of rotatable bonds is 1. The minimum Gasteiger partial charge on any atom is -0.348 e. The lowest BCUT2D eigenvalue weighted by atomic mass is 9.62. The van der Waals surface area contributed by atoms with Crippen molar-refractivity contribution in [2.24, 2.45) is 0 Å². The van der Waals surface area contributed by atoms with Gasteiger partial charge in [0.1, 0.15) is 0 Å². The highest BCUT2D eigenvalue weighted by atomic mass is 35.5. The second-order valence-corrected chi connectivity index (χ2v) is 8.17. The molecule has 25 heavy (non-hydrogen) atoms. The molecule has 2 aliphatic carbocycles. The Hall–Kier alpha value is -1.35. The molecule has 2 fully saturated rings. The van der Waals surface area contributed by atoms with Crippen molar-refractivity contribution in [1.82, 2.24) is 0 Å². The first kappa shape index (κ1) is 15.9. The number of hydrogen-bond donors (Lipinski definition) is 0. The molecule has 2 aromatic carbocycles. The van der Waals surface area contributed by atoms with E-state index in [1.54, 1.807) is 5.56 Å². The van der Waals surface area contributed by atoms with Crippen molar-refractivity contribution in [1.29, 1.82) is 0 Å². The van der Waals surface area contributed by atoms with Crippen molar-refractivity contribution in [3.05, 3.63) is 70.2 Å². The van der Waals surface area contributed by atoms with Gasteiger partial charge in [0.15, 0.2) is 5.79 Å². The molecule has 5 rings (SSSR count). The summed E-state index contributed by atoms with van der Waals surface area (Å²) < 4.78 is 12.0. The van der Waals surface area contributed by atoms with Gasteiger partial charge in [-0.2, -0.15) is 0 Å². The number of benzene rings is 2. The molecule has 3 aliphatic rings. The molecule has 1 saturated heterocycles. The Kier molecular flexibility index (Phi) is 3.70. The predicted octanol–water partition coefficient (Wildman–Crippen LogP) is 5.23. The van der Waals surface area contributed by atoms with Gasteiger partial charge in [-0.1, -0.05) is 48.0 Å². The van der Waals surface area contributed by atoms with Gasteiger partial charge < -0.3 is 9.47 Å². The van der Waals surface area contributed by atoms with Gasteiger partial charge in [-0.3, -0.25) is 0 Å². The van der Waals surface area contributed by atoms with E-state index in [1.165, 1.54) is 11.1 Å². The lowest BCUT2D eigenvalue weighted by Crippen LogP contribution is -2.43. The molecule has 0 N–H and O–H groups in total. The van der Waals surface area contributed by atoms with Gasteiger partial charge in [0.25, 0.3) is 0 Å². The Morgan fingerprint density at radius 2 is 1.52 bits per heavy atom.